The van der Waals surface area contributed by atoms with Crippen LogP contribution in [-0.4, -0.2) is 40.3 Å². The third-order valence-electron chi connectivity index (χ3n) is 3.59. The van der Waals surface area contributed by atoms with Crippen LogP contribution in [-0.2, 0) is 14.3 Å². The number of carbonyl (C=O) groups excluding carboxylic acids is 2. The molecule has 0 aromatic heterocycles. The SMILES string of the molecule is COC(=O)N1C=CC2C(Oc3ccccc3)C(=O)OC1[C@H]2I. The van der Waals surface area contributed by atoms with Gasteiger partial charge in [-0.15, -0.1) is 0 Å². The summed E-state index contributed by atoms with van der Waals surface area (Å²) in [6, 6.07) is 9.12. The lowest BCUT2D eigenvalue weighted by Crippen LogP contribution is -2.59. The van der Waals surface area contributed by atoms with Gasteiger partial charge >= 0.3 is 12.1 Å². The number of fused-ring (bicyclic) bond motifs is 2. The maximum atomic E-state index is 12.3. The molecule has 1 aromatic rings. The van der Waals surface area contributed by atoms with E-state index in [1.54, 1.807) is 24.4 Å². The molecule has 1 aromatic carbocycles. The molecule has 1 saturated heterocycles. The third-order valence-corrected chi connectivity index (χ3v) is 5.04. The van der Waals surface area contributed by atoms with Crippen molar-refractivity contribution in [2.75, 3.05) is 7.11 Å². The molecule has 0 N–H and O–H groups in total. The smallest absolute Gasteiger partial charge is 0.416 e. The molecule has 0 aliphatic carbocycles. The fraction of sp³-hybridized carbons (Fsp3) is 0.333. The van der Waals surface area contributed by atoms with Crippen LogP contribution in [0.3, 0.4) is 0 Å². The Kier molecular flexibility index (Phi) is 4.23. The van der Waals surface area contributed by atoms with E-state index < -0.39 is 24.4 Å². The van der Waals surface area contributed by atoms with Crippen molar-refractivity contribution in [3.8, 4) is 5.75 Å². The number of hydrogen-bond acceptors (Lipinski definition) is 5. The Bertz CT molecular complexity index is 605. The highest BCUT2D eigenvalue weighted by molar-refractivity contribution is 14.1. The van der Waals surface area contributed by atoms with Gasteiger partial charge in [0.25, 0.3) is 0 Å². The summed E-state index contributed by atoms with van der Waals surface area (Å²) in [6.07, 6.45) is 1.42. The van der Waals surface area contributed by atoms with Gasteiger partial charge in [-0.25, -0.2) is 14.5 Å². The molecule has 116 valence electrons. The molecular weight excluding hydrogens is 401 g/mol. The van der Waals surface area contributed by atoms with Crippen molar-refractivity contribution >= 4 is 34.7 Å². The van der Waals surface area contributed by atoms with E-state index in [0.717, 1.165) is 0 Å². The first-order valence-corrected chi connectivity index (χ1v) is 7.97. The summed E-state index contributed by atoms with van der Waals surface area (Å²) in [7, 11) is 1.29. The molecule has 1 fully saturated rings. The van der Waals surface area contributed by atoms with Crippen molar-refractivity contribution in [1.29, 1.82) is 0 Å². The molecule has 2 aliphatic rings. The van der Waals surface area contributed by atoms with Gasteiger partial charge < -0.3 is 14.2 Å². The Labute approximate surface area is 141 Å². The van der Waals surface area contributed by atoms with E-state index in [0.29, 0.717) is 5.75 Å². The number of halogens is 1. The fourth-order valence-corrected chi connectivity index (χ4v) is 3.61. The molecule has 4 atom stereocenters. The molecule has 22 heavy (non-hydrogen) atoms. The maximum absolute atomic E-state index is 12.3. The van der Waals surface area contributed by atoms with Crippen LogP contribution in [0, 0.1) is 5.92 Å². The van der Waals surface area contributed by atoms with Gasteiger partial charge in [-0.2, -0.15) is 0 Å². The molecule has 0 spiro atoms. The highest BCUT2D eigenvalue weighted by Crippen LogP contribution is 2.37. The summed E-state index contributed by atoms with van der Waals surface area (Å²) in [5.74, 6) is -0.0479. The molecule has 2 heterocycles. The summed E-state index contributed by atoms with van der Waals surface area (Å²) in [5, 5.41) is 0. The lowest BCUT2D eigenvalue weighted by Gasteiger charge is -2.43. The molecule has 2 aliphatic heterocycles. The molecular formula is C15H14INO5. The number of hydrogen-bond donors (Lipinski definition) is 0. The Hall–Kier alpha value is -1.77. The average Bonchev–Trinajstić information content (AvgIpc) is 2.53. The zero-order valence-electron chi connectivity index (χ0n) is 11.7. The summed E-state index contributed by atoms with van der Waals surface area (Å²) < 4.78 is 15.8. The number of alkyl halides is 1. The number of para-hydroxylation sites is 1. The van der Waals surface area contributed by atoms with Gasteiger partial charge in [0.2, 0.25) is 6.10 Å². The molecule has 3 rings (SSSR count). The first-order valence-electron chi connectivity index (χ1n) is 6.72. The Morgan fingerprint density at radius 2 is 2.05 bits per heavy atom. The van der Waals surface area contributed by atoms with Crippen molar-refractivity contribution in [2.24, 2.45) is 5.92 Å². The molecule has 7 heteroatoms. The van der Waals surface area contributed by atoms with Gasteiger partial charge in [0.05, 0.1) is 11.0 Å². The highest BCUT2D eigenvalue weighted by atomic mass is 127. The van der Waals surface area contributed by atoms with E-state index in [9.17, 15) is 9.59 Å². The topological polar surface area (TPSA) is 65.1 Å². The number of rotatable bonds is 2. The summed E-state index contributed by atoms with van der Waals surface area (Å²) >= 11 is 2.17. The van der Waals surface area contributed by atoms with Gasteiger partial charge in [-0.3, -0.25) is 0 Å². The highest BCUT2D eigenvalue weighted by Gasteiger charge is 2.50. The molecule has 2 bridgehead atoms. The quantitative estimate of drug-likeness (QED) is 0.422. The number of nitrogens with zero attached hydrogens (tertiary/aromatic N) is 1. The van der Waals surface area contributed by atoms with Gasteiger partial charge in [-0.1, -0.05) is 46.9 Å². The van der Waals surface area contributed by atoms with Crippen molar-refractivity contribution in [1.82, 2.24) is 4.90 Å². The minimum absolute atomic E-state index is 0.117. The van der Waals surface area contributed by atoms with E-state index >= 15 is 0 Å². The number of ether oxygens (including phenoxy) is 3. The summed E-state index contributed by atoms with van der Waals surface area (Å²) in [5.41, 5.74) is 0. The average molecular weight is 415 g/mol. The number of benzene rings is 1. The number of carbonyl (C=O) groups is 2. The minimum Gasteiger partial charge on any atom is -0.478 e. The second-order valence-corrected chi connectivity index (χ2v) is 6.36. The second-order valence-electron chi connectivity index (χ2n) is 4.92. The number of esters is 1. The summed E-state index contributed by atoms with van der Waals surface area (Å²) in [6.45, 7) is 0. The van der Waals surface area contributed by atoms with Crippen LogP contribution in [0.5, 0.6) is 5.75 Å². The van der Waals surface area contributed by atoms with Crippen LogP contribution in [0.25, 0.3) is 0 Å². The zero-order chi connectivity index (χ0) is 15.7. The van der Waals surface area contributed by atoms with Crippen molar-refractivity contribution in [2.45, 2.75) is 16.3 Å². The van der Waals surface area contributed by atoms with Crippen LogP contribution in [0.4, 0.5) is 4.79 Å². The van der Waals surface area contributed by atoms with Gasteiger partial charge in [0.1, 0.15) is 5.75 Å². The van der Waals surface area contributed by atoms with Crippen LogP contribution in [0.15, 0.2) is 42.6 Å². The summed E-state index contributed by atoms with van der Waals surface area (Å²) in [4.78, 5) is 25.3. The van der Waals surface area contributed by atoms with E-state index in [-0.39, 0.29) is 9.84 Å². The van der Waals surface area contributed by atoms with Crippen LogP contribution in [0.1, 0.15) is 0 Å². The van der Waals surface area contributed by atoms with Gasteiger partial charge in [0.15, 0.2) is 6.23 Å². The van der Waals surface area contributed by atoms with Crippen molar-refractivity contribution < 1.29 is 23.8 Å². The number of amides is 1. The normalized spacial score (nSPS) is 29.7. The predicted molar refractivity (Wildman–Crippen MR) is 85.4 cm³/mol. The van der Waals surface area contributed by atoms with Gasteiger partial charge in [0, 0.05) is 12.1 Å². The lowest BCUT2D eigenvalue weighted by atomic mass is 9.92. The maximum Gasteiger partial charge on any atom is 0.416 e. The van der Waals surface area contributed by atoms with Gasteiger partial charge in [-0.05, 0) is 12.1 Å². The van der Waals surface area contributed by atoms with Crippen molar-refractivity contribution in [3.63, 3.8) is 0 Å². The first-order chi connectivity index (χ1) is 10.6. The minimum atomic E-state index is -0.725. The first kappa shape index (κ1) is 15.1. The Morgan fingerprint density at radius 1 is 1.32 bits per heavy atom. The predicted octanol–water partition coefficient (Wildman–Crippen LogP) is 2.33. The van der Waals surface area contributed by atoms with E-state index in [1.807, 2.05) is 18.2 Å². The Balaban J connectivity index is 1.84. The number of methoxy groups -OCH3 is 1. The molecule has 3 unspecified atom stereocenters. The second kappa shape index (κ2) is 6.15. The zero-order valence-corrected chi connectivity index (χ0v) is 13.9. The van der Waals surface area contributed by atoms with Crippen molar-refractivity contribution in [3.05, 3.63) is 42.6 Å². The van der Waals surface area contributed by atoms with E-state index in [2.05, 4.69) is 22.6 Å². The van der Waals surface area contributed by atoms with E-state index in [1.165, 1.54) is 12.0 Å². The third kappa shape index (κ3) is 2.65. The standard InChI is InChI=1S/C15H14INO5/c1-20-15(19)17-8-7-10-11(16)13(17)22-14(18)12(10)21-9-5-3-2-4-6-9/h2-8,10-13H,1H3/t10?,11-,12?,13?/m0/s1. The molecule has 0 saturated carbocycles. The molecule has 1 amide bonds. The Morgan fingerprint density at radius 3 is 2.73 bits per heavy atom. The van der Waals surface area contributed by atoms with E-state index in [4.69, 9.17) is 14.2 Å². The van der Waals surface area contributed by atoms with Crippen LogP contribution in [0.2, 0.25) is 0 Å². The fourth-order valence-electron chi connectivity index (χ4n) is 2.50. The van der Waals surface area contributed by atoms with Crippen LogP contribution < -0.4 is 4.74 Å². The van der Waals surface area contributed by atoms with Crippen LogP contribution >= 0.6 is 22.6 Å². The largest absolute Gasteiger partial charge is 0.478 e. The monoisotopic (exact) mass is 415 g/mol. The lowest BCUT2D eigenvalue weighted by molar-refractivity contribution is -0.176. The molecule has 0 radical (unpaired) electrons. The molecule has 6 nitrogen and oxygen atoms in total.